The summed E-state index contributed by atoms with van der Waals surface area (Å²) in [6.07, 6.45) is 3.97. The van der Waals surface area contributed by atoms with Gasteiger partial charge in [-0.3, -0.25) is 9.48 Å². The van der Waals surface area contributed by atoms with Crippen molar-refractivity contribution < 1.29 is 13.9 Å². The predicted molar refractivity (Wildman–Crippen MR) is 158 cm³/mol. The molecular formula is C30H32FN7O2Si. The summed E-state index contributed by atoms with van der Waals surface area (Å²) in [4.78, 5) is 22.9. The van der Waals surface area contributed by atoms with Gasteiger partial charge in [-0.1, -0.05) is 31.8 Å². The largest absolute Gasteiger partial charge is 0.361 e. The molecule has 3 aromatic heterocycles. The number of aromatic nitrogens is 5. The summed E-state index contributed by atoms with van der Waals surface area (Å²) in [6.45, 7) is 8.18. The van der Waals surface area contributed by atoms with E-state index >= 15 is 0 Å². The molecule has 0 saturated heterocycles. The molecule has 2 aromatic carbocycles. The van der Waals surface area contributed by atoms with Gasteiger partial charge in [0.25, 0.3) is 5.91 Å². The summed E-state index contributed by atoms with van der Waals surface area (Å²) in [7, 11) is 0.494. The smallest absolute Gasteiger partial charge is 0.255 e. The second kappa shape index (κ2) is 11.6. The third kappa shape index (κ3) is 6.34. The minimum Gasteiger partial charge on any atom is -0.361 e. The van der Waals surface area contributed by atoms with Crippen molar-refractivity contribution in [3.05, 3.63) is 77.4 Å². The SMILES string of the molecule is Cn1nc(-c2cnc3c(n2)c(C(=O)NCCc2ccc(C#N)cc2)cn3COCC[Si](C)(C)C)c2ccc(F)cc21. The average Bonchev–Trinajstić information content (AvgIpc) is 3.47. The van der Waals surface area contributed by atoms with Crippen LogP contribution in [0.25, 0.3) is 33.5 Å². The molecule has 9 nitrogen and oxygen atoms in total. The molecule has 5 aromatic rings. The summed E-state index contributed by atoms with van der Waals surface area (Å²) < 4.78 is 23.3. The highest BCUT2D eigenvalue weighted by atomic mass is 28.3. The van der Waals surface area contributed by atoms with Crippen LogP contribution in [0.1, 0.15) is 21.5 Å². The molecular weight excluding hydrogens is 537 g/mol. The Kier molecular flexibility index (Phi) is 7.96. The fraction of sp³-hybridized carbons (Fsp3) is 0.300. The molecule has 3 heterocycles. The van der Waals surface area contributed by atoms with Crippen molar-refractivity contribution >= 4 is 36.0 Å². The van der Waals surface area contributed by atoms with Crippen LogP contribution in [0.15, 0.2) is 54.9 Å². The van der Waals surface area contributed by atoms with Crippen LogP contribution in [0.3, 0.4) is 0 Å². The molecule has 0 aliphatic rings. The van der Waals surface area contributed by atoms with E-state index in [1.165, 1.54) is 12.1 Å². The maximum Gasteiger partial charge on any atom is 0.255 e. The molecule has 0 aliphatic heterocycles. The number of nitrogens with zero attached hydrogens (tertiary/aromatic N) is 6. The summed E-state index contributed by atoms with van der Waals surface area (Å²) in [6, 6.07) is 14.9. The van der Waals surface area contributed by atoms with Crippen molar-refractivity contribution in [2.24, 2.45) is 7.05 Å². The summed E-state index contributed by atoms with van der Waals surface area (Å²) in [5.74, 6) is -0.622. The van der Waals surface area contributed by atoms with Gasteiger partial charge in [0.1, 0.15) is 29.5 Å². The number of nitriles is 1. The predicted octanol–water partition coefficient (Wildman–Crippen LogP) is 5.28. The van der Waals surface area contributed by atoms with E-state index in [0.29, 0.717) is 58.8 Å². The highest BCUT2D eigenvalue weighted by molar-refractivity contribution is 6.76. The first kappa shape index (κ1) is 28.1. The monoisotopic (exact) mass is 569 g/mol. The number of nitrogens with one attached hydrogen (secondary N) is 1. The second-order valence-corrected chi connectivity index (χ2v) is 16.9. The average molecular weight is 570 g/mol. The molecule has 210 valence electrons. The van der Waals surface area contributed by atoms with E-state index in [2.05, 4.69) is 41.1 Å². The first-order chi connectivity index (χ1) is 19.6. The summed E-state index contributed by atoms with van der Waals surface area (Å²) in [5, 5.41) is 17.3. The molecule has 11 heteroatoms. The second-order valence-electron chi connectivity index (χ2n) is 11.2. The Bertz CT molecular complexity index is 1760. The standard InChI is InChI=1S/C30H32FN7O2Si/c1-37-26-15-22(31)9-10-23(26)27(36-37)25-17-34-29-28(35-25)24(18-38(29)19-40-13-14-41(2,3)4)30(39)33-12-11-20-5-7-21(16-32)8-6-20/h5-10,15,17-18H,11-14,19H2,1-4H3,(H,33,39). The maximum absolute atomic E-state index is 13.9. The zero-order valence-corrected chi connectivity index (χ0v) is 24.6. The van der Waals surface area contributed by atoms with Gasteiger partial charge >= 0.3 is 0 Å². The topological polar surface area (TPSA) is 111 Å². The first-order valence-corrected chi connectivity index (χ1v) is 17.2. The number of amides is 1. The number of hydrogen-bond donors (Lipinski definition) is 1. The van der Waals surface area contributed by atoms with E-state index in [9.17, 15) is 9.18 Å². The number of carbonyl (C=O) groups excluding carboxylic acids is 1. The highest BCUT2D eigenvalue weighted by Gasteiger charge is 2.21. The number of benzene rings is 2. The van der Waals surface area contributed by atoms with E-state index in [1.54, 1.807) is 46.9 Å². The van der Waals surface area contributed by atoms with E-state index in [4.69, 9.17) is 15.0 Å². The van der Waals surface area contributed by atoms with Gasteiger partial charge < -0.3 is 14.6 Å². The van der Waals surface area contributed by atoms with Gasteiger partial charge in [-0.25, -0.2) is 14.4 Å². The molecule has 0 radical (unpaired) electrons. The zero-order valence-electron chi connectivity index (χ0n) is 23.6. The lowest BCUT2D eigenvalue weighted by atomic mass is 10.1. The first-order valence-electron chi connectivity index (χ1n) is 13.5. The fourth-order valence-electron chi connectivity index (χ4n) is 4.55. The van der Waals surface area contributed by atoms with Gasteiger partial charge in [0.05, 0.1) is 28.9 Å². The van der Waals surface area contributed by atoms with Crippen molar-refractivity contribution in [3.8, 4) is 17.5 Å². The minimum absolute atomic E-state index is 0.249. The number of aryl methyl sites for hydroxylation is 1. The Morgan fingerprint density at radius 3 is 2.68 bits per heavy atom. The number of carbonyl (C=O) groups is 1. The van der Waals surface area contributed by atoms with E-state index in [1.807, 2.05) is 12.1 Å². The van der Waals surface area contributed by atoms with Gasteiger partial charge in [0.15, 0.2) is 5.65 Å². The lowest BCUT2D eigenvalue weighted by Gasteiger charge is -2.15. The Morgan fingerprint density at radius 2 is 1.95 bits per heavy atom. The Morgan fingerprint density at radius 1 is 1.17 bits per heavy atom. The van der Waals surface area contributed by atoms with Crippen molar-refractivity contribution in [2.45, 2.75) is 38.8 Å². The van der Waals surface area contributed by atoms with E-state index in [-0.39, 0.29) is 18.5 Å². The van der Waals surface area contributed by atoms with Gasteiger partial charge in [-0.05, 0) is 48.4 Å². The Hall–Kier alpha value is -4.40. The Labute approximate surface area is 238 Å². The van der Waals surface area contributed by atoms with Crippen molar-refractivity contribution in [2.75, 3.05) is 13.2 Å². The van der Waals surface area contributed by atoms with Gasteiger partial charge in [0.2, 0.25) is 0 Å². The van der Waals surface area contributed by atoms with E-state index in [0.717, 1.165) is 17.0 Å². The minimum atomic E-state index is -1.25. The van der Waals surface area contributed by atoms with Gasteiger partial charge in [-0.15, -0.1) is 0 Å². The lowest BCUT2D eigenvalue weighted by Crippen LogP contribution is -2.25. The fourth-order valence-corrected chi connectivity index (χ4v) is 5.31. The quantitative estimate of drug-likeness (QED) is 0.181. The molecule has 0 unspecified atom stereocenters. The maximum atomic E-state index is 13.9. The van der Waals surface area contributed by atoms with Gasteiger partial charge in [-0.2, -0.15) is 10.4 Å². The molecule has 0 bridgehead atoms. The molecule has 0 fully saturated rings. The molecule has 1 amide bonds. The third-order valence-electron chi connectivity index (χ3n) is 6.88. The van der Waals surface area contributed by atoms with Crippen LogP contribution >= 0.6 is 0 Å². The summed E-state index contributed by atoms with van der Waals surface area (Å²) >= 11 is 0. The third-order valence-corrected chi connectivity index (χ3v) is 8.58. The number of ether oxygens (including phenoxy) is 1. The van der Waals surface area contributed by atoms with Crippen LogP contribution in [0.5, 0.6) is 0 Å². The van der Waals surface area contributed by atoms with Crippen molar-refractivity contribution in [1.82, 2.24) is 29.6 Å². The summed E-state index contributed by atoms with van der Waals surface area (Å²) in [5.41, 5.74) is 4.64. The van der Waals surface area contributed by atoms with Crippen LogP contribution in [-0.2, 0) is 24.9 Å². The molecule has 41 heavy (non-hydrogen) atoms. The van der Waals surface area contributed by atoms with E-state index < -0.39 is 8.07 Å². The number of hydrogen-bond acceptors (Lipinski definition) is 6. The van der Waals surface area contributed by atoms with Crippen molar-refractivity contribution in [1.29, 1.82) is 5.26 Å². The van der Waals surface area contributed by atoms with Crippen LogP contribution in [0, 0.1) is 17.1 Å². The van der Waals surface area contributed by atoms with Crippen molar-refractivity contribution in [3.63, 3.8) is 0 Å². The number of rotatable bonds is 10. The molecule has 0 aliphatic carbocycles. The molecule has 0 spiro atoms. The van der Waals surface area contributed by atoms with Crippen LogP contribution in [0.2, 0.25) is 25.7 Å². The Balaban J connectivity index is 1.44. The van der Waals surface area contributed by atoms with Gasteiger partial charge in [0, 0.05) is 39.9 Å². The zero-order chi connectivity index (χ0) is 29.1. The molecule has 5 rings (SSSR count). The van der Waals surface area contributed by atoms with Crippen LogP contribution < -0.4 is 5.32 Å². The van der Waals surface area contributed by atoms with Crippen LogP contribution in [-0.4, -0.2) is 51.4 Å². The van der Waals surface area contributed by atoms with Crippen LogP contribution in [0.4, 0.5) is 4.39 Å². The molecule has 1 N–H and O–H groups in total. The lowest BCUT2D eigenvalue weighted by molar-refractivity contribution is 0.0892. The highest BCUT2D eigenvalue weighted by Crippen LogP contribution is 2.29. The number of halogens is 1. The molecule has 0 saturated carbocycles. The normalized spacial score (nSPS) is 11.7. The number of fused-ring (bicyclic) bond motifs is 2. The molecule has 0 atom stereocenters.